The number of anilines is 1. The minimum Gasteiger partial charge on any atom is -0.443 e. The summed E-state index contributed by atoms with van der Waals surface area (Å²) in [5, 5.41) is 0. The van der Waals surface area contributed by atoms with E-state index in [1.165, 1.54) is 41.5 Å². The number of carbonyl (C=O) groups is 3. The Labute approximate surface area is 160 Å². The van der Waals surface area contributed by atoms with Crippen molar-refractivity contribution in [1.29, 1.82) is 0 Å². The van der Waals surface area contributed by atoms with E-state index in [0.717, 1.165) is 6.92 Å². The Hall–Kier alpha value is -2.72. The third-order valence-corrected chi connectivity index (χ3v) is 2.78. The van der Waals surface area contributed by atoms with Gasteiger partial charge >= 0.3 is 18.4 Å². The molecule has 0 bridgehead atoms. The number of halogens is 3. The van der Waals surface area contributed by atoms with Crippen LogP contribution in [0.15, 0.2) is 6.20 Å². The lowest BCUT2D eigenvalue weighted by atomic mass is 10.1. The second-order valence-corrected chi connectivity index (χ2v) is 7.78. The first-order valence-corrected chi connectivity index (χ1v) is 8.13. The summed E-state index contributed by atoms with van der Waals surface area (Å²) in [6, 6.07) is 0. The molecule has 0 aromatic carbocycles. The largest absolute Gasteiger partial charge is 0.443 e. The van der Waals surface area contributed by atoms with E-state index in [2.05, 4.69) is 9.97 Å². The predicted octanol–water partition coefficient (Wildman–Crippen LogP) is 4.37. The fourth-order valence-corrected chi connectivity index (χ4v) is 1.81. The zero-order valence-corrected chi connectivity index (χ0v) is 16.6. The average molecular weight is 405 g/mol. The van der Waals surface area contributed by atoms with Crippen LogP contribution in [0.4, 0.5) is 28.7 Å². The number of imide groups is 1. The Morgan fingerprint density at radius 2 is 1.36 bits per heavy atom. The number of ketones is 1. The second kappa shape index (κ2) is 7.72. The van der Waals surface area contributed by atoms with Gasteiger partial charge in [0, 0.05) is 6.20 Å². The molecule has 8 nitrogen and oxygen atoms in total. The number of nitrogens with zero attached hydrogens (tertiary/aromatic N) is 3. The van der Waals surface area contributed by atoms with Crippen molar-refractivity contribution < 1.29 is 37.0 Å². The first-order valence-electron chi connectivity index (χ1n) is 8.13. The molecule has 0 spiro atoms. The third-order valence-electron chi connectivity index (χ3n) is 2.78. The lowest BCUT2D eigenvalue weighted by Gasteiger charge is -2.27. The molecule has 1 aromatic rings. The van der Waals surface area contributed by atoms with Crippen molar-refractivity contribution in [2.24, 2.45) is 0 Å². The van der Waals surface area contributed by atoms with Gasteiger partial charge in [-0.25, -0.2) is 19.6 Å². The summed E-state index contributed by atoms with van der Waals surface area (Å²) in [5.41, 5.74) is -4.51. The Balaban J connectivity index is 3.55. The molecule has 156 valence electrons. The first kappa shape index (κ1) is 23.3. The van der Waals surface area contributed by atoms with Crippen molar-refractivity contribution >= 4 is 23.9 Å². The molecule has 0 aliphatic rings. The van der Waals surface area contributed by atoms with Crippen molar-refractivity contribution in [2.75, 3.05) is 4.90 Å². The van der Waals surface area contributed by atoms with Gasteiger partial charge in [-0.15, -0.1) is 4.90 Å². The van der Waals surface area contributed by atoms with Crippen LogP contribution in [0.1, 0.15) is 64.5 Å². The van der Waals surface area contributed by atoms with Gasteiger partial charge in [-0.1, -0.05) is 0 Å². The molecule has 1 heterocycles. The fourth-order valence-electron chi connectivity index (χ4n) is 1.81. The quantitative estimate of drug-likeness (QED) is 0.674. The predicted molar refractivity (Wildman–Crippen MR) is 92.0 cm³/mol. The summed E-state index contributed by atoms with van der Waals surface area (Å²) in [5.74, 6) is -1.86. The number of carbonyl (C=O) groups excluding carboxylic acids is 3. The number of hydrogen-bond acceptors (Lipinski definition) is 7. The Morgan fingerprint density at radius 1 is 0.929 bits per heavy atom. The number of aromatic nitrogens is 2. The zero-order valence-electron chi connectivity index (χ0n) is 16.6. The Kier molecular flexibility index (Phi) is 6.43. The first-order chi connectivity index (χ1) is 12.4. The van der Waals surface area contributed by atoms with E-state index in [4.69, 9.17) is 9.47 Å². The summed E-state index contributed by atoms with van der Waals surface area (Å²) in [6.07, 6.45) is -7.09. The van der Waals surface area contributed by atoms with Crippen molar-refractivity contribution in [3.05, 3.63) is 17.5 Å². The van der Waals surface area contributed by atoms with Crippen LogP contribution >= 0.6 is 0 Å². The standard InChI is InChI=1S/C17H22F3N3O5/c1-9(24)10-8-21-12(22-11(10)17(18,19)20)23(13(25)27-15(2,3)4)14(26)28-16(5,6)7/h8H,1-7H3. The number of Topliss-reactive ketones (excluding diaryl/α,β-unsaturated/α-hetero) is 1. The van der Waals surface area contributed by atoms with E-state index >= 15 is 0 Å². The van der Waals surface area contributed by atoms with Gasteiger partial charge in [-0.3, -0.25) is 4.79 Å². The molecule has 28 heavy (non-hydrogen) atoms. The minimum atomic E-state index is -5.02. The van der Waals surface area contributed by atoms with Crippen molar-refractivity contribution in [1.82, 2.24) is 9.97 Å². The molecule has 0 aliphatic carbocycles. The second-order valence-electron chi connectivity index (χ2n) is 7.78. The highest BCUT2D eigenvalue weighted by Gasteiger charge is 2.40. The van der Waals surface area contributed by atoms with Crippen LogP contribution in [-0.2, 0) is 15.7 Å². The topological polar surface area (TPSA) is 98.7 Å². The summed E-state index contributed by atoms with van der Waals surface area (Å²) in [7, 11) is 0. The SMILES string of the molecule is CC(=O)c1cnc(N(C(=O)OC(C)(C)C)C(=O)OC(C)(C)C)nc1C(F)(F)F. The molecule has 0 radical (unpaired) electrons. The summed E-state index contributed by atoms with van der Waals surface area (Å²) < 4.78 is 50.0. The molecular weight excluding hydrogens is 383 g/mol. The number of hydrogen-bond donors (Lipinski definition) is 0. The van der Waals surface area contributed by atoms with E-state index in [1.54, 1.807) is 0 Å². The van der Waals surface area contributed by atoms with Crippen LogP contribution in [0.3, 0.4) is 0 Å². The Morgan fingerprint density at radius 3 is 1.68 bits per heavy atom. The molecule has 0 saturated carbocycles. The van der Waals surface area contributed by atoms with E-state index in [9.17, 15) is 27.6 Å². The van der Waals surface area contributed by atoms with Crippen LogP contribution < -0.4 is 4.90 Å². The number of ether oxygens (including phenoxy) is 2. The smallest absolute Gasteiger partial charge is 0.434 e. The maximum absolute atomic E-state index is 13.3. The molecule has 0 N–H and O–H groups in total. The van der Waals surface area contributed by atoms with Gasteiger partial charge in [0.1, 0.15) is 11.2 Å². The molecule has 0 aliphatic heterocycles. The van der Waals surface area contributed by atoms with Gasteiger partial charge in [0.15, 0.2) is 11.5 Å². The van der Waals surface area contributed by atoms with Gasteiger partial charge in [0.05, 0.1) is 5.56 Å². The van der Waals surface area contributed by atoms with Crippen LogP contribution in [0.2, 0.25) is 0 Å². The molecule has 1 aromatic heterocycles. The number of amides is 2. The molecule has 0 atom stereocenters. The maximum Gasteiger partial charge on any atom is 0.434 e. The molecule has 11 heteroatoms. The maximum atomic E-state index is 13.3. The van der Waals surface area contributed by atoms with Gasteiger partial charge < -0.3 is 9.47 Å². The monoisotopic (exact) mass is 405 g/mol. The van der Waals surface area contributed by atoms with Crippen LogP contribution in [0.25, 0.3) is 0 Å². The van der Waals surface area contributed by atoms with Crippen molar-refractivity contribution in [3.8, 4) is 0 Å². The number of alkyl halides is 3. The average Bonchev–Trinajstić information content (AvgIpc) is 2.42. The van der Waals surface area contributed by atoms with Crippen LogP contribution in [0, 0.1) is 0 Å². The summed E-state index contributed by atoms with van der Waals surface area (Å²) in [4.78, 5) is 43.3. The molecule has 0 unspecified atom stereocenters. The molecule has 2 amide bonds. The van der Waals surface area contributed by atoms with Gasteiger partial charge in [0.2, 0.25) is 5.95 Å². The van der Waals surface area contributed by atoms with Crippen LogP contribution in [-0.4, -0.2) is 39.1 Å². The van der Waals surface area contributed by atoms with Gasteiger partial charge in [-0.2, -0.15) is 13.2 Å². The van der Waals surface area contributed by atoms with E-state index in [-0.39, 0.29) is 4.90 Å². The van der Waals surface area contributed by atoms with Crippen molar-refractivity contribution in [3.63, 3.8) is 0 Å². The third kappa shape index (κ3) is 6.46. The van der Waals surface area contributed by atoms with Crippen molar-refractivity contribution in [2.45, 2.75) is 65.8 Å². The normalized spacial score (nSPS) is 12.4. The van der Waals surface area contributed by atoms with Gasteiger partial charge in [0.25, 0.3) is 0 Å². The molecular formula is C17H22F3N3O5. The summed E-state index contributed by atoms with van der Waals surface area (Å²) in [6.45, 7) is 9.90. The molecule has 1 rings (SSSR count). The highest BCUT2D eigenvalue weighted by molar-refractivity contribution is 6.08. The fraction of sp³-hybridized carbons (Fsp3) is 0.588. The lowest BCUT2D eigenvalue weighted by Crippen LogP contribution is -2.45. The number of rotatable bonds is 2. The Bertz CT molecular complexity index is 752. The van der Waals surface area contributed by atoms with E-state index in [1.807, 2.05) is 0 Å². The van der Waals surface area contributed by atoms with Crippen LogP contribution in [0.5, 0.6) is 0 Å². The highest BCUT2D eigenvalue weighted by atomic mass is 19.4. The van der Waals surface area contributed by atoms with E-state index in [0.29, 0.717) is 6.20 Å². The van der Waals surface area contributed by atoms with Gasteiger partial charge in [-0.05, 0) is 48.5 Å². The molecule has 0 saturated heterocycles. The molecule has 0 fully saturated rings. The minimum absolute atomic E-state index is 0.148. The zero-order chi connectivity index (χ0) is 22.1. The van der Waals surface area contributed by atoms with E-state index < -0.39 is 52.6 Å². The highest BCUT2D eigenvalue weighted by Crippen LogP contribution is 2.32. The summed E-state index contributed by atoms with van der Waals surface area (Å²) >= 11 is 0. The lowest BCUT2D eigenvalue weighted by molar-refractivity contribution is -0.141.